The van der Waals surface area contributed by atoms with Crippen molar-refractivity contribution in [2.45, 2.75) is 105 Å². The molecule has 2 atom stereocenters. The van der Waals surface area contributed by atoms with Crippen LogP contribution >= 0.6 is 0 Å². The monoisotopic (exact) mass is 680 g/mol. The Morgan fingerprint density at radius 2 is 0.940 bits per heavy atom. The van der Waals surface area contributed by atoms with E-state index in [-0.39, 0.29) is 35.1 Å². The third kappa shape index (κ3) is 7.30. The summed E-state index contributed by atoms with van der Waals surface area (Å²) in [6.45, 7) is 21.3. The van der Waals surface area contributed by atoms with E-state index in [2.05, 4.69) is 86.2 Å². The van der Waals surface area contributed by atoms with Crippen molar-refractivity contribution in [2.24, 2.45) is 10.8 Å². The number of nitrogens with zero attached hydrogens (tertiary/aromatic N) is 4. The highest BCUT2D eigenvalue weighted by atomic mass is 16.6. The lowest BCUT2D eigenvalue weighted by Gasteiger charge is -2.32. The van der Waals surface area contributed by atoms with Gasteiger partial charge in [0.15, 0.2) is 0 Å². The lowest BCUT2D eigenvalue weighted by atomic mass is 9.84. The van der Waals surface area contributed by atoms with Gasteiger partial charge in [-0.15, -0.1) is 0 Å². The fraction of sp³-hybridized carbons (Fsp3) is 0.500. The molecule has 2 amide bonds. The number of aromatic amines is 2. The van der Waals surface area contributed by atoms with Crippen LogP contribution in [-0.4, -0.2) is 66.2 Å². The zero-order valence-electron chi connectivity index (χ0n) is 31.2. The van der Waals surface area contributed by atoms with Crippen LogP contribution in [0.25, 0.3) is 33.6 Å². The van der Waals surface area contributed by atoms with Crippen LogP contribution in [0.15, 0.2) is 60.9 Å². The van der Waals surface area contributed by atoms with Crippen molar-refractivity contribution < 1.29 is 19.1 Å². The Balaban J connectivity index is 1.16. The van der Waals surface area contributed by atoms with Crippen molar-refractivity contribution in [3.63, 3.8) is 0 Å². The minimum Gasteiger partial charge on any atom is -0.444 e. The van der Waals surface area contributed by atoms with Gasteiger partial charge in [0, 0.05) is 13.1 Å². The number of ether oxygens (including phenoxy) is 2. The number of imidazole rings is 2. The second-order valence-electron chi connectivity index (χ2n) is 17.1. The van der Waals surface area contributed by atoms with Gasteiger partial charge >= 0.3 is 12.2 Å². The number of likely N-dealkylation sites (tertiary alicyclic amines) is 2. The molecule has 10 heteroatoms. The molecule has 0 radical (unpaired) electrons. The van der Waals surface area contributed by atoms with Crippen LogP contribution < -0.4 is 0 Å². The predicted molar refractivity (Wildman–Crippen MR) is 195 cm³/mol. The van der Waals surface area contributed by atoms with Crippen molar-refractivity contribution in [2.75, 3.05) is 13.1 Å². The summed E-state index contributed by atoms with van der Waals surface area (Å²) in [7, 11) is 0. The van der Waals surface area contributed by atoms with Crippen LogP contribution in [0.4, 0.5) is 9.59 Å². The minimum absolute atomic E-state index is 0.146. The van der Waals surface area contributed by atoms with Gasteiger partial charge in [-0.25, -0.2) is 19.6 Å². The number of aromatic nitrogens is 4. The molecule has 2 aliphatic heterocycles. The van der Waals surface area contributed by atoms with E-state index in [4.69, 9.17) is 19.4 Å². The number of hydrogen-bond donors (Lipinski definition) is 2. The van der Waals surface area contributed by atoms with Crippen molar-refractivity contribution in [3.05, 3.63) is 72.6 Å². The van der Waals surface area contributed by atoms with E-state index in [0.29, 0.717) is 13.1 Å². The molecule has 6 rings (SSSR count). The highest BCUT2D eigenvalue weighted by Gasteiger charge is 2.48. The summed E-state index contributed by atoms with van der Waals surface area (Å²) in [6.07, 6.45) is 4.81. The number of hydrogen-bond acceptors (Lipinski definition) is 6. The molecule has 266 valence electrons. The van der Waals surface area contributed by atoms with Gasteiger partial charge in [-0.3, -0.25) is 9.80 Å². The summed E-state index contributed by atoms with van der Waals surface area (Å²) in [6, 6.07) is 16.4. The summed E-state index contributed by atoms with van der Waals surface area (Å²) < 4.78 is 11.4. The molecule has 2 aromatic heterocycles. The Morgan fingerprint density at radius 1 is 0.620 bits per heavy atom. The van der Waals surface area contributed by atoms with E-state index in [9.17, 15) is 9.59 Å². The van der Waals surface area contributed by atoms with Gasteiger partial charge in [0.05, 0.1) is 35.9 Å². The fourth-order valence-corrected chi connectivity index (χ4v) is 7.19. The first kappa shape index (κ1) is 35.2. The third-order valence-corrected chi connectivity index (χ3v) is 9.79. The summed E-state index contributed by atoms with van der Waals surface area (Å²) in [5.74, 6) is 1.54. The lowest BCUT2D eigenvalue weighted by molar-refractivity contribution is 0.0158. The van der Waals surface area contributed by atoms with E-state index in [1.54, 1.807) is 9.80 Å². The SMILES string of the molecule is CC(C)(C)OC(=O)N1CCC(C)(C)C1c1ncc(-c2ccc(-c3ccc(-c4cnc([C@@H]5N(C(=O)OC(C)(C)C)CCC5(C)C)[nH]4)cc3)cc2)[nH]1. The molecule has 2 fully saturated rings. The quantitative estimate of drug-likeness (QED) is 0.217. The number of rotatable bonds is 5. The second kappa shape index (κ2) is 12.6. The lowest BCUT2D eigenvalue weighted by Crippen LogP contribution is -2.38. The second-order valence-corrected chi connectivity index (χ2v) is 17.1. The molecule has 2 aromatic carbocycles. The summed E-state index contributed by atoms with van der Waals surface area (Å²) >= 11 is 0. The van der Waals surface area contributed by atoms with Crippen molar-refractivity contribution in [1.29, 1.82) is 0 Å². The fourth-order valence-electron chi connectivity index (χ4n) is 7.19. The predicted octanol–water partition coefficient (Wildman–Crippen LogP) is 9.55. The molecule has 0 saturated carbocycles. The van der Waals surface area contributed by atoms with Crippen molar-refractivity contribution in [1.82, 2.24) is 29.7 Å². The van der Waals surface area contributed by atoms with Gasteiger partial charge in [0.25, 0.3) is 0 Å². The van der Waals surface area contributed by atoms with Crippen molar-refractivity contribution >= 4 is 12.2 Å². The van der Waals surface area contributed by atoms with Gasteiger partial charge in [-0.2, -0.15) is 0 Å². The molecule has 50 heavy (non-hydrogen) atoms. The number of nitrogens with one attached hydrogen (secondary N) is 2. The maximum absolute atomic E-state index is 13.1. The van der Waals surface area contributed by atoms with Gasteiger partial charge < -0.3 is 19.4 Å². The summed E-state index contributed by atoms with van der Waals surface area (Å²) in [5, 5.41) is 0. The van der Waals surface area contributed by atoms with E-state index in [1.807, 2.05) is 53.9 Å². The maximum atomic E-state index is 13.1. The zero-order valence-corrected chi connectivity index (χ0v) is 31.2. The standard InChI is InChI=1S/C40H52N6O4/c1-37(2,3)49-35(47)45-21-19-39(7,8)31(45)33-41-23-29(43-33)27-15-11-25(12-16-27)26-13-17-28(18-14-26)30-24-42-34(44-30)32-40(9,10)20-22-46(32)36(48)50-38(4,5)6/h11-18,23-24,31-32H,19-22H2,1-10H3,(H,41,43)(H,42,44)/t31-,32?/m0/s1. The van der Waals surface area contributed by atoms with Gasteiger partial charge in [-0.1, -0.05) is 76.2 Å². The largest absolute Gasteiger partial charge is 0.444 e. The normalized spacial score (nSPS) is 20.3. The Kier molecular flexibility index (Phi) is 8.89. The average molecular weight is 681 g/mol. The number of benzene rings is 2. The molecular weight excluding hydrogens is 628 g/mol. The number of H-pyrrole nitrogens is 2. The zero-order chi connectivity index (χ0) is 36.2. The maximum Gasteiger partial charge on any atom is 0.410 e. The Hall–Kier alpha value is -4.60. The molecule has 10 nitrogen and oxygen atoms in total. The topological polar surface area (TPSA) is 116 Å². The van der Waals surface area contributed by atoms with E-state index < -0.39 is 11.2 Å². The first-order valence-corrected chi connectivity index (χ1v) is 17.6. The number of carbonyl (C=O) groups excluding carboxylic acids is 2. The Morgan fingerprint density at radius 3 is 1.26 bits per heavy atom. The molecule has 1 unspecified atom stereocenters. The van der Waals surface area contributed by atoms with Gasteiger partial charge in [0.1, 0.15) is 22.9 Å². The third-order valence-electron chi connectivity index (χ3n) is 9.79. The number of carbonyl (C=O) groups is 2. The molecule has 2 N–H and O–H groups in total. The smallest absolute Gasteiger partial charge is 0.410 e. The van der Waals surface area contributed by atoms with E-state index in [0.717, 1.165) is 58.1 Å². The minimum atomic E-state index is -0.563. The van der Waals surface area contributed by atoms with Crippen molar-refractivity contribution in [3.8, 4) is 33.6 Å². The Bertz CT molecular complexity index is 1700. The molecular formula is C40H52N6O4. The highest BCUT2D eigenvalue weighted by molar-refractivity contribution is 5.72. The van der Waals surface area contributed by atoms with Crippen LogP contribution in [0.5, 0.6) is 0 Å². The molecule has 4 aromatic rings. The summed E-state index contributed by atoms with van der Waals surface area (Å²) in [4.78, 5) is 46.3. The Labute approximate surface area is 296 Å². The molecule has 0 aliphatic carbocycles. The van der Waals surface area contributed by atoms with Crippen LogP contribution in [0.2, 0.25) is 0 Å². The molecule has 2 aliphatic rings. The first-order valence-electron chi connectivity index (χ1n) is 17.6. The van der Waals surface area contributed by atoms with E-state index in [1.165, 1.54) is 0 Å². The first-order chi connectivity index (χ1) is 23.3. The van der Waals surface area contributed by atoms with Crippen LogP contribution in [0, 0.1) is 10.8 Å². The molecule has 0 bridgehead atoms. The van der Waals surface area contributed by atoms with Crippen LogP contribution in [0.3, 0.4) is 0 Å². The summed E-state index contributed by atoms with van der Waals surface area (Å²) in [5.41, 5.74) is 4.62. The highest BCUT2D eigenvalue weighted by Crippen LogP contribution is 2.48. The van der Waals surface area contributed by atoms with Crippen LogP contribution in [-0.2, 0) is 9.47 Å². The van der Waals surface area contributed by atoms with Crippen LogP contribution in [0.1, 0.15) is 106 Å². The van der Waals surface area contributed by atoms with Gasteiger partial charge in [-0.05, 0) is 87.5 Å². The molecule has 2 saturated heterocycles. The average Bonchev–Trinajstić information content (AvgIpc) is 3.80. The molecule has 0 spiro atoms. The molecule has 4 heterocycles. The van der Waals surface area contributed by atoms with E-state index >= 15 is 0 Å². The van der Waals surface area contributed by atoms with Gasteiger partial charge in [0.2, 0.25) is 0 Å². The number of amides is 2.